The molecule has 3 N–H and O–H groups in total. The lowest BCUT2D eigenvalue weighted by molar-refractivity contribution is 0.791. The molecule has 5 aromatic heterocycles. The van der Waals surface area contributed by atoms with E-state index in [9.17, 15) is 0 Å². The first-order chi connectivity index (χ1) is 15.2. The molecule has 0 spiro atoms. The molecule has 0 aliphatic heterocycles. The van der Waals surface area contributed by atoms with E-state index in [1.54, 1.807) is 12.4 Å². The molecule has 0 bridgehead atoms. The third-order valence-corrected chi connectivity index (χ3v) is 5.24. The van der Waals surface area contributed by atoms with Crippen molar-refractivity contribution in [3.05, 3.63) is 67.3 Å². The number of rotatable bonds is 7. The topological polar surface area (TPSA) is 95.2 Å². The highest BCUT2D eigenvalue weighted by atomic mass is 15.1. The molecule has 31 heavy (non-hydrogen) atoms. The average Bonchev–Trinajstić information content (AvgIpc) is 3.41. The van der Waals surface area contributed by atoms with Crippen molar-refractivity contribution < 1.29 is 0 Å². The van der Waals surface area contributed by atoms with Crippen LogP contribution in [0, 0.1) is 0 Å². The lowest BCUT2D eigenvalue weighted by Gasteiger charge is -2.10. The van der Waals surface area contributed by atoms with Crippen molar-refractivity contribution in [1.29, 1.82) is 0 Å². The van der Waals surface area contributed by atoms with Crippen molar-refractivity contribution in [3.63, 3.8) is 0 Å². The standard InChI is InChI=1S/C24H23N7/c1-3-4-6-15(2)27-17-11-16(13-25-14-17)18-8-9-20-23(29-18)24(31-30-20)22-12-21-19(28-22)7-5-10-26-21/h5,7-14,27-28H,2-4,6H2,1H3,(H,30,31). The SMILES string of the molecule is C=C(CCCC)Nc1cncc(-c2ccc3[nH]nc(-c4cc5ncccc5[nH]4)c3n2)c1. The maximum Gasteiger partial charge on any atom is 0.135 e. The van der Waals surface area contributed by atoms with E-state index in [1.807, 2.05) is 42.6 Å². The fraction of sp³-hybridized carbons (Fsp3) is 0.167. The molecule has 0 atom stereocenters. The van der Waals surface area contributed by atoms with Crippen LogP contribution in [-0.2, 0) is 0 Å². The van der Waals surface area contributed by atoms with Crippen molar-refractivity contribution >= 4 is 27.8 Å². The number of H-pyrrole nitrogens is 2. The maximum absolute atomic E-state index is 4.90. The van der Waals surface area contributed by atoms with Crippen LogP contribution in [0.15, 0.2) is 67.3 Å². The van der Waals surface area contributed by atoms with E-state index in [4.69, 9.17) is 4.98 Å². The summed E-state index contributed by atoms with van der Waals surface area (Å²) in [5.41, 5.74) is 8.86. The number of fused-ring (bicyclic) bond motifs is 2. The fourth-order valence-electron chi connectivity index (χ4n) is 3.64. The van der Waals surface area contributed by atoms with Gasteiger partial charge in [0.2, 0.25) is 0 Å². The summed E-state index contributed by atoms with van der Waals surface area (Å²) in [5.74, 6) is 0. The molecule has 5 heterocycles. The van der Waals surface area contributed by atoms with Crippen LogP contribution in [-0.4, -0.2) is 30.1 Å². The number of unbranched alkanes of at least 4 members (excludes halogenated alkanes) is 1. The monoisotopic (exact) mass is 409 g/mol. The van der Waals surface area contributed by atoms with Gasteiger partial charge in [0.1, 0.15) is 11.2 Å². The predicted octanol–water partition coefficient (Wildman–Crippen LogP) is 5.68. The number of hydrogen-bond acceptors (Lipinski definition) is 5. The molecule has 7 heteroatoms. The van der Waals surface area contributed by atoms with Gasteiger partial charge in [0.25, 0.3) is 0 Å². The Kier molecular flexibility index (Phi) is 4.92. The number of anilines is 1. The maximum atomic E-state index is 4.90. The molecule has 5 rings (SSSR count). The Morgan fingerprint density at radius 3 is 2.94 bits per heavy atom. The fourth-order valence-corrected chi connectivity index (χ4v) is 3.64. The van der Waals surface area contributed by atoms with Gasteiger partial charge in [0.15, 0.2) is 0 Å². The Morgan fingerprint density at radius 2 is 2.06 bits per heavy atom. The number of nitrogens with one attached hydrogen (secondary N) is 3. The Balaban J connectivity index is 1.49. The van der Waals surface area contributed by atoms with Crippen molar-refractivity contribution in [2.24, 2.45) is 0 Å². The van der Waals surface area contributed by atoms with Gasteiger partial charge in [-0.25, -0.2) is 4.98 Å². The van der Waals surface area contributed by atoms with Crippen molar-refractivity contribution in [3.8, 4) is 22.6 Å². The van der Waals surface area contributed by atoms with Crippen molar-refractivity contribution in [1.82, 2.24) is 30.1 Å². The van der Waals surface area contributed by atoms with Gasteiger partial charge in [-0.05, 0) is 49.2 Å². The highest BCUT2D eigenvalue weighted by molar-refractivity contribution is 5.93. The van der Waals surface area contributed by atoms with E-state index in [2.05, 4.69) is 44.0 Å². The predicted molar refractivity (Wildman–Crippen MR) is 124 cm³/mol. The molecule has 0 aliphatic rings. The zero-order chi connectivity index (χ0) is 21.2. The van der Waals surface area contributed by atoms with E-state index in [1.165, 1.54) is 0 Å². The van der Waals surface area contributed by atoms with E-state index in [0.29, 0.717) is 0 Å². The summed E-state index contributed by atoms with van der Waals surface area (Å²) < 4.78 is 0. The van der Waals surface area contributed by atoms with Crippen LogP contribution < -0.4 is 5.32 Å². The molecule has 7 nitrogen and oxygen atoms in total. The highest BCUT2D eigenvalue weighted by Crippen LogP contribution is 2.29. The lowest BCUT2D eigenvalue weighted by atomic mass is 10.1. The molecule has 0 aliphatic carbocycles. The molecule has 0 radical (unpaired) electrons. The molecule has 0 unspecified atom stereocenters. The van der Waals surface area contributed by atoms with Crippen LogP contribution in [0.5, 0.6) is 0 Å². The second-order valence-corrected chi connectivity index (χ2v) is 7.58. The van der Waals surface area contributed by atoms with E-state index in [-0.39, 0.29) is 0 Å². The second kappa shape index (κ2) is 8.02. The van der Waals surface area contributed by atoms with Crippen LogP contribution in [0.4, 0.5) is 5.69 Å². The van der Waals surface area contributed by atoms with Gasteiger partial charge in [0.05, 0.1) is 39.8 Å². The molecule has 0 saturated heterocycles. The minimum Gasteiger partial charge on any atom is -0.358 e. The Bertz CT molecular complexity index is 1350. The number of pyridine rings is 3. The van der Waals surface area contributed by atoms with Crippen molar-refractivity contribution in [2.45, 2.75) is 26.2 Å². The van der Waals surface area contributed by atoms with Crippen molar-refractivity contribution in [2.75, 3.05) is 5.32 Å². The van der Waals surface area contributed by atoms with Gasteiger partial charge in [-0.15, -0.1) is 0 Å². The average molecular weight is 409 g/mol. The van der Waals surface area contributed by atoms with Gasteiger partial charge >= 0.3 is 0 Å². The smallest absolute Gasteiger partial charge is 0.135 e. The van der Waals surface area contributed by atoms with Gasteiger partial charge < -0.3 is 10.3 Å². The summed E-state index contributed by atoms with van der Waals surface area (Å²) in [6, 6.07) is 11.9. The quantitative estimate of drug-likeness (QED) is 0.321. The van der Waals surface area contributed by atoms with E-state index in [0.717, 1.165) is 75.4 Å². The van der Waals surface area contributed by atoms with Crippen LogP contribution in [0.2, 0.25) is 0 Å². The third kappa shape index (κ3) is 3.77. The molecule has 0 amide bonds. The minimum atomic E-state index is 0.769. The van der Waals surface area contributed by atoms with Gasteiger partial charge in [0, 0.05) is 23.7 Å². The van der Waals surface area contributed by atoms with E-state index < -0.39 is 0 Å². The highest BCUT2D eigenvalue weighted by Gasteiger charge is 2.14. The number of hydrogen-bond donors (Lipinski definition) is 3. The zero-order valence-corrected chi connectivity index (χ0v) is 17.3. The zero-order valence-electron chi connectivity index (χ0n) is 17.3. The number of nitrogens with zero attached hydrogens (tertiary/aromatic N) is 4. The molecule has 0 aromatic carbocycles. The molecule has 154 valence electrons. The van der Waals surface area contributed by atoms with Gasteiger partial charge in [-0.1, -0.05) is 19.9 Å². The summed E-state index contributed by atoms with van der Waals surface area (Å²) >= 11 is 0. The summed E-state index contributed by atoms with van der Waals surface area (Å²) in [4.78, 5) is 17.1. The first-order valence-corrected chi connectivity index (χ1v) is 10.4. The third-order valence-electron chi connectivity index (χ3n) is 5.24. The summed E-state index contributed by atoms with van der Waals surface area (Å²) in [6.07, 6.45) is 8.61. The lowest BCUT2D eigenvalue weighted by Crippen LogP contribution is -1.99. The summed E-state index contributed by atoms with van der Waals surface area (Å²) in [6.45, 7) is 6.29. The molecular formula is C24H23N7. The second-order valence-electron chi connectivity index (χ2n) is 7.58. The van der Waals surface area contributed by atoms with Crippen LogP contribution >= 0.6 is 0 Å². The number of allylic oxidation sites excluding steroid dienone is 1. The Hall–Kier alpha value is -4.00. The molecule has 0 saturated carbocycles. The number of aromatic amines is 2. The molecular weight excluding hydrogens is 386 g/mol. The summed E-state index contributed by atoms with van der Waals surface area (Å²) in [7, 11) is 0. The van der Waals surface area contributed by atoms with Gasteiger partial charge in [-0.2, -0.15) is 5.10 Å². The van der Waals surface area contributed by atoms with Gasteiger partial charge in [-0.3, -0.25) is 15.1 Å². The minimum absolute atomic E-state index is 0.769. The normalized spacial score (nSPS) is 11.3. The van der Waals surface area contributed by atoms with Crippen LogP contribution in [0.1, 0.15) is 26.2 Å². The first kappa shape index (κ1) is 19.0. The van der Waals surface area contributed by atoms with Crippen LogP contribution in [0.25, 0.3) is 44.7 Å². The van der Waals surface area contributed by atoms with E-state index >= 15 is 0 Å². The van der Waals surface area contributed by atoms with Crippen LogP contribution in [0.3, 0.4) is 0 Å². The Labute approximate surface area is 179 Å². The Morgan fingerprint density at radius 1 is 1.13 bits per heavy atom. The largest absolute Gasteiger partial charge is 0.358 e. The molecule has 0 fully saturated rings. The number of aromatic nitrogens is 6. The first-order valence-electron chi connectivity index (χ1n) is 10.4. The molecule has 5 aromatic rings. The summed E-state index contributed by atoms with van der Waals surface area (Å²) in [5, 5.41) is 10.9.